The van der Waals surface area contributed by atoms with E-state index in [1.165, 1.54) is 0 Å². The SMILES string of the molecule is CCOC(=O)c1ccc(OCC)c(NN)c1. The zero-order chi connectivity index (χ0) is 12.0. The second-order valence-corrected chi connectivity index (χ2v) is 3.01. The van der Waals surface area contributed by atoms with Crippen molar-refractivity contribution < 1.29 is 14.3 Å². The van der Waals surface area contributed by atoms with Gasteiger partial charge in [0.15, 0.2) is 0 Å². The lowest BCUT2D eigenvalue weighted by Gasteiger charge is -2.10. The minimum absolute atomic E-state index is 0.345. The van der Waals surface area contributed by atoms with Crippen LogP contribution in [0.4, 0.5) is 5.69 Å². The molecule has 1 aromatic carbocycles. The highest BCUT2D eigenvalue weighted by atomic mass is 16.5. The van der Waals surface area contributed by atoms with Gasteiger partial charge in [0.25, 0.3) is 0 Å². The Morgan fingerprint density at radius 2 is 2.12 bits per heavy atom. The first-order valence-electron chi connectivity index (χ1n) is 5.13. The van der Waals surface area contributed by atoms with Crippen LogP contribution in [0, 0.1) is 0 Å². The molecule has 5 nitrogen and oxygen atoms in total. The molecule has 0 aromatic heterocycles. The van der Waals surface area contributed by atoms with Gasteiger partial charge in [0.05, 0.1) is 24.5 Å². The molecule has 0 bridgehead atoms. The lowest BCUT2D eigenvalue weighted by molar-refractivity contribution is 0.0526. The van der Waals surface area contributed by atoms with Crippen molar-refractivity contribution in [2.24, 2.45) is 5.84 Å². The van der Waals surface area contributed by atoms with E-state index in [9.17, 15) is 4.79 Å². The van der Waals surface area contributed by atoms with Crippen LogP contribution in [0.25, 0.3) is 0 Å². The second kappa shape index (κ2) is 5.97. The summed E-state index contributed by atoms with van der Waals surface area (Å²) < 4.78 is 10.2. The first-order valence-corrected chi connectivity index (χ1v) is 5.13. The Hall–Kier alpha value is -1.75. The van der Waals surface area contributed by atoms with E-state index in [4.69, 9.17) is 15.3 Å². The fourth-order valence-corrected chi connectivity index (χ4v) is 1.27. The van der Waals surface area contributed by atoms with Crippen LogP contribution in [0.1, 0.15) is 24.2 Å². The van der Waals surface area contributed by atoms with Crippen LogP contribution >= 0.6 is 0 Å². The summed E-state index contributed by atoms with van der Waals surface area (Å²) in [5, 5.41) is 0. The van der Waals surface area contributed by atoms with Crippen LogP contribution in [0.15, 0.2) is 18.2 Å². The molecule has 0 aliphatic rings. The predicted molar refractivity (Wildman–Crippen MR) is 61.4 cm³/mol. The number of benzene rings is 1. The number of hydrogen-bond donors (Lipinski definition) is 2. The molecule has 0 aliphatic carbocycles. The summed E-state index contributed by atoms with van der Waals surface area (Å²) >= 11 is 0. The van der Waals surface area contributed by atoms with Crippen molar-refractivity contribution in [3.63, 3.8) is 0 Å². The molecule has 3 N–H and O–H groups in total. The first kappa shape index (κ1) is 12.3. The van der Waals surface area contributed by atoms with Crippen molar-refractivity contribution in [2.75, 3.05) is 18.6 Å². The highest BCUT2D eigenvalue weighted by Crippen LogP contribution is 2.25. The third kappa shape index (κ3) is 2.87. The number of nitrogens with one attached hydrogen (secondary N) is 1. The molecular formula is C11H16N2O3. The Morgan fingerprint density at radius 3 is 2.69 bits per heavy atom. The van der Waals surface area contributed by atoms with Crippen molar-refractivity contribution in [1.82, 2.24) is 0 Å². The Bertz CT molecular complexity index is 366. The smallest absolute Gasteiger partial charge is 0.338 e. The fraction of sp³-hybridized carbons (Fsp3) is 0.364. The van der Waals surface area contributed by atoms with Crippen molar-refractivity contribution in [3.8, 4) is 5.75 Å². The average Bonchev–Trinajstić information content (AvgIpc) is 2.30. The molecule has 16 heavy (non-hydrogen) atoms. The molecule has 1 rings (SSSR count). The standard InChI is InChI=1S/C11H16N2O3/c1-3-15-10-6-5-8(7-9(10)13-12)11(14)16-4-2/h5-7,13H,3-4,12H2,1-2H3. The minimum Gasteiger partial charge on any atom is -0.492 e. The van der Waals surface area contributed by atoms with Crippen molar-refractivity contribution in [3.05, 3.63) is 23.8 Å². The van der Waals surface area contributed by atoms with Gasteiger partial charge in [0.1, 0.15) is 5.75 Å². The summed E-state index contributed by atoms with van der Waals surface area (Å²) in [7, 11) is 0. The summed E-state index contributed by atoms with van der Waals surface area (Å²) in [6.07, 6.45) is 0. The number of esters is 1. The van der Waals surface area contributed by atoms with Crippen LogP contribution in [-0.2, 0) is 4.74 Å². The quantitative estimate of drug-likeness (QED) is 0.451. The van der Waals surface area contributed by atoms with Gasteiger partial charge in [-0.25, -0.2) is 4.79 Å². The largest absolute Gasteiger partial charge is 0.492 e. The van der Waals surface area contributed by atoms with Gasteiger partial charge in [-0.15, -0.1) is 0 Å². The number of rotatable bonds is 5. The third-order valence-corrected chi connectivity index (χ3v) is 1.95. The number of carbonyl (C=O) groups excluding carboxylic acids is 1. The lowest BCUT2D eigenvalue weighted by Crippen LogP contribution is -2.11. The minimum atomic E-state index is -0.373. The lowest BCUT2D eigenvalue weighted by atomic mass is 10.2. The normalized spacial score (nSPS) is 9.69. The van der Waals surface area contributed by atoms with Crippen molar-refractivity contribution in [1.29, 1.82) is 0 Å². The number of hydrogen-bond acceptors (Lipinski definition) is 5. The number of nitrogen functional groups attached to an aromatic ring is 1. The molecule has 0 saturated heterocycles. The second-order valence-electron chi connectivity index (χ2n) is 3.01. The molecule has 0 atom stereocenters. The fourth-order valence-electron chi connectivity index (χ4n) is 1.27. The van der Waals surface area contributed by atoms with E-state index in [-0.39, 0.29) is 5.97 Å². The van der Waals surface area contributed by atoms with Gasteiger partial charge in [0, 0.05) is 0 Å². The van der Waals surface area contributed by atoms with Crippen LogP contribution in [0.5, 0.6) is 5.75 Å². The molecule has 0 saturated carbocycles. The van der Waals surface area contributed by atoms with Crippen LogP contribution < -0.4 is 16.0 Å². The van der Waals surface area contributed by atoms with E-state index in [1.54, 1.807) is 25.1 Å². The maximum Gasteiger partial charge on any atom is 0.338 e. The van der Waals surface area contributed by atoms with Gasteiger partial charge in [-0.1, -0.05) is 0 Å². The summed E-state index contributed by atoms with van der Waals surface area (Å²) in [5.41, 5.74) is 3.49. The number of carbonyl (C=O) groups is 1. The molecule has 0 heterocycles. The van der Waals surface area contributed by atoms with Gasteiger partial charge in [0.2, 0.25) is 0 Å². The van der Waals surface area contributed by atoms with Crippen LogP contribution in [0.2, 0.25) is 0 Å². The number of hydrazine groups is 1. The molecule has 1 aromatic rings. The van der Waals surface area contributed by atoms with E-state index in [2.05, 4.69) is 5.43 Å². The highest BCUT2D eigenvalue weighted by Gasteiger charge is 2.10. The molecule has 88 valence electrons. The Morgan fingerprint density at radius 1 is 1.38 bits per heavy atom. The van der Waals surface area contributed by atoms with Gasteiger partial charge in [-0.2, -0.15) is 0 Å². The Labute approximate surface area is 94.5 Å². The molecule has 0 fully saturated rings. The van der Waals surface area contributed by atoms with E-state index in [0.29, 0.717) is 30.2 Å². The Balaban J connectivity index is 2.94. The van der Waals surface area contributed by atoms with E-state index in [0.717, 1.165) is 0 Å². The molecule has 5 heteroatoms. The first-order chi connectivity index (χ1) is 7.72. The van der Waals surface area contributed by atoms with E-state index in [1.807, 2.05) is 6.92 Å². The maximum atomic E-state index is 11.5. The zero-order valence-electron chi connectivity index (χ0n) is 9.45. The molecule has 0 spiro atoms. The zero-order valence-corrected chi connectivity index (χ0v) is 9.45. The number of ether oxygens (including phenoxy) is 2. The predicted octanol–water partition coefficient (Wildman–Crippen LogP) is 1.55. The number of nitrogens with two attached hydrogens (primary N) is 1. The summed E-state index contributed by atoms with van der Waals surface area (Å²) in [6.45, 7) is 4.51. The summed E-state index contributed by atoms with van der Waals surface area (Å²) in [5.74, 6) is 5.58. The van der Waals surface area contributed by atoms with Gasteiger partial charge in [-0.3, -0.25) is 5.84 Å². The van der Waals surface area contributed by atoms with Crippen LogP contribution in [-0.4, -0.2) is 19.2 Å². The van der Waals surface area contributed by atoms with Gasteiger partial charge in [-0.05, 0) is 32.0 Å². The molecule has 0 unspecified atom stereocenters. The van der Waals surface area contributed by atoms with Crippen molar-refractivity contribution >= 4 is 11.7 Å². The monoisotopic (exact) mass is 224 g/mol. The number of anilines is 1. The summed E-state index contributed by atoms with van der Waals surface area (Å²) in [6, 6.07) is 4.93. The van der Waals surface area contributed by atoms with E-state index >= 15 is 0 Å². The van der Waals surface area contributed by atoms with E-state index < -0.39 is 0 Å². The molecular weight excluding hydrogens is 208 g/mol. The molecule has 0 amide bonds. The topological polar surface area (TPSA) is 73.6 Å². The Kier molecular flexibility index (Phi) is 4.60. The highest BCUT2D eigenvalue weighted by molar-refractivity contribution is 5.91. The van der Waals surface area contributed by atoms with Crippen molar-refractivity contribution in [2.45, 2.75) is 13.8 Å². The summed E-state index contributed by atoms with van der Waals surface area (Å²) in [4.78, 5) is 11.5. The van der Waals surface area contributed by atoms with Crippen LogP contribution in [0.3, 0.4) is 0 Å². The molecule has 0 radical (unpaired) electrons. The molecule has 0 aliphatic heterocycles. The maximum absolute atomic E-state index is 11.5. The van der Waals surface area contributed by atoms with Gasteiger partial charge >= 0.3 is 5.97 Å². The van der Waals surface area contributed by atoms with Gasteiger partial charge < -0.3 is 14.9 Å². The third-order valence-electron chi connectivity index (χ3n) is 1.95. The average molecular weight is 224 g/mol.